The zero-order chi connectivity index (χ0) is 13.2. The van der Waals surface area contributed by atoms with Crippen LogP contribution in [0.2, 0.25) is 0 Å². The molecule has 0 aliphatic carbocycles. The third-order valence-electron chi connectivity index (χ3n) is 2.84. The standard InChI is InChI=1S/C14H12BrN3O/c15-10-3-5-12(6-4-10)19-9-11-8-17-14-13(16)2-1-7-18(11)14/h1-8H,9,16H2. The quantitative estimate of drug-likeness (QED) is 0.806. The first kappa shape index (κ1) is 12.0. The maximum absolute atomic E-state index is 5.86. The van der Waals surface area contributed by atoms with Crippen molar-refractivity contribution in [1.82, 2.24) is 9.38 Å². The number of nitrogens with two attached hydrogens (primary N) is 1. The number of imidazole rings is 1. The highest BCUT2D eigenvalue weighted by atomic mass is 79.9. The van der Waals surface area contributed by atoms with Crippen molar-refractivity contribution in [2.75, 3.05) is 5.73 Å². The molecule has 19 heavy (non-hydrogen) atoms. The minimum Gasteiger partial charge on any atom is -0.487 e. The average Bonchev–Trinajstić information content (AvgIpc) is 2.83. The maximum Gasteiger partial charge on any atom is 0.160 e. The predicted octanol–water partition coefficient (Wildman–Crippen LogP) is 3.26. The first-order chi connectivity index (χ1) is 9.24. The second-order valence-electron chi connectivity index (χ2n) is 4.15. The Hall–Kier alpha value is -2.01. The number of nitrogen functional groups attached to an aromatic ring is 1. The van der Waals surface area contributed by atoms with E-state index in [-0.39, 0.29) is 0 Å². The summed E-state index contributed by atoms with van der Waals surface area (Å²) in [5, 5.41) is 0. The molecule has 0 saturated carbocycles. The molecule has 2 heterocycles. The van der Waals surface area contributed by atoms with Crippen LogP contribution >= 0.6 is 15.9 Å². The number of aromatic nitrogens is 2. The van der Waals surface area contributed by atoms with Crippen LogP contribution in [0.1, 0.15) is 5.69 Å². The summed E-state index contributed by atoms with van der Waals surface area (Å²) in [6.07, 6.45) is 3.71. The first-order valence-corrected chi connectivity index (χ1v) is 6.62. The van der Waals surface area contributed by atoms with Crippen LogP contribution in [-0.2, 0) is 6.61 Å². The highest BCUT2D eigenvalue weighted by Gasteiger charge is 2.05. The van der Waals surface area contributed by atoms with Crippen molar-refractivity contribution < 1.29 is 4.74 Å². The molecule has 96 valence electrons. The zero-order valence-corrected chi connectivity index (χ0v) is 11.7. The van der Waals surface area contributed by atoms with Crippen molar-refractivity contribution in [2.45, 2.75) is 6.61 Å². The van der Waals surface area contributed by atoms with E-state index in [1.54, 1.807) is 6.20 Å². The Kier molecular flexibility index (Phi) is 3.13. The number of hydrogen-bond acceptors (Lipinski definition) is 3. The third kappa shape index (κ3) is 2.42. The van der Waals surface area contributed by atoms with Gasteiger partial charge < -0.3 is 10.5 Å². The molecule has 2 N–H and O–H groups in total. The van der Waals surface area contributed by atoms with Gasteiger partial charge in [-0.25, -0.2) is 4.98 Å². The van der Waals surface area contributed by atoms with Crippen molar-refractivity contribution >= 4 is 27.3 Å². The Morgan fingerprint density at radius 1 is 1.21 bits per heavy atom. The van der Waals surface area contributed by atoms with Crippen LogP contribution in [0.3, 0.4) is 0 Å². The van der Waals surface area contributed by atoms with Gasteiger partial charge in [0.1, 0.15) is 12.4 Å². The molecule has 0 amide bonds. The summed E-state index contributed by atoms with van der Waals surface area (Å²) in [5.74, 6) is 0.821. The molecule has 5 heteroatoms. The van der Waals surface area contributed by atoms with Gasteiger partial charge in [0.15, 0.2) is 5.65 Å². The predicted molar refractivity (Wildman–Crippen MR) is 78.1 cm³/mol. The second kappa shape index (κ2) is 4.93. The molecular formula is C14H12BrN3O. The number of benzene rings is 1. The molecule has 0 aliphatic rings. The number of fused-ring (bicyclic) bond motifs is 1. The largest absolute Gasteiger partial charge is 0.487 e. The van der Waals surface area contributed by atoms with E-state index in [9.17, 15) is 0 Å². The summed E-state index contributed by atoms with van der Waals surface area (Å²) in [6, 6.07) is 11.5. The molecule has 0 unspecified atom stereocenters. The zero-order valence-electron chi connectivity index (χ0n) is 10.1. The van der Waals surface area contributed by atoms with Crippen molar-refractivity contribution in [1.29, 1.82) is 0 Å². The molecule has 3 aromatic rings. The molecule has 0 bridgehead atoms. The monoisotopic (exact) mass is 317 g/mol. The molecule has 0 radical (unpaired) electrons. The fourth-order valence-electron chi connectivity index (χ4n) is 1.88. The van der Waals surface area contributed by atoms with Gasteiger partial charge in [-0.1, -0.05) is 15.9 Å². The van der Waals surface area contributed by atoms with Crippen LogP contribution in [0, 0.1) is 0 Å². The summed E-state index contributed by atoms with van der Waals surface area (Å²) < 4.78 is 8.70. The third-order valence-corrected chi connectivity index (χ3v) is 3.37. The summed E-state index contributed by atoms with van der Waals surface area (Å²) in [4.78, 5) is 4.30. The molecule has 4 nitrogen and oxygen atoms in total. The van der Waals surface area contributed by atoms with Crippen molar-refractivity contribution in [2.24, 2.45) is 0 Å². The van der Waals surface area contributed by atoms with Gasteiger partial charge in [0.2, 0.25) is 0 Å². The highest BCUT2D eigenvalue weighted by molar-refractivity contribution is 9.10. The normalized spacial score (nSPS) is 10.8. The minimum atomic E-state index is 0.451. The van der Waals surface area contributed by atoms with E-state index in [0.717, 1.165) is 21.6 Å². The number of halogens is 1. The van der Waals surface area contributed by atoms with Gasteiger partial charge in [-0.05, 0) is 36.4 Å². The molecule has 3 rings (SSSR count). The van der Waals surface area contributed by atoms with Crippen LogP contribution in [0.25, 0.3) is 5.65 Å². The SMILES string of the molecule is Nc1cccn2c(COc3ccc(Br)cc3)cnc12. The lowest BCUT2D eigenvalue weighted by atomic mass is 10.3. The molecule has 0 atom stereocenters. The van der Waals surface area contributed by atoms with Gasteiger partial charge in [-0.15, -0.1) is 0 Å². The van der Waals surface area contributed by atoms with E-state index in [2.05, 4.69) is 20.9 Å². The maximum atomic E-state index is 5.86. The smallest absolute Gasteiger partial charge is 0.160 e. The van der Waals surface area contributed by atoms with Crippen LogP contribution in [-0.4, -0.2) is 9.38 Å². The van der Waals surface area contributed by atoms with E-state index < -0.39 is 0 Å². The van der Waals surface area contributed by atoms with Crippen LogP contribution in [0.5, 0.6) is 5.75 Å². The number of rotatable bonds is 3. The van der Waals surface area contributed by atoms with Crippen molar-refractivity contribution in [3.8, 4) is 5.75 Å². The lowest BCUT2D eigenvalue weighted by Gasteiger charge is -2.06. The summed E-state index contributed by atoms with van der Waals surface area (Å²) in [7, 11) is 0. The summed E-state index contributed by atoms with van der Waals surface area (Å²) in [5.41, 5.74) is 8.25. The van der Waals surface area contributed by atoms with Crippen LogP contribution < -0.4 is 10.5 Å². The van der Waals surface area contributed by atoms with E-state index >= 15 is 0 Å². The van der Waals surface area contributed by atoms with Gasteiger partial charge in [-0.3, -0.25) is 4.40 Å². The molecule has 0 fully saturated rings. The van der Waals surface area contributed by atoms with Gasteiger partial charge in [0.25, 0.3) is 0 Å². The highest BCUT2D eigenvalue weighted by Crippen LogP contribution is 2.18. The van der Waals surface area contributed by atoms with E-state index in [1.165, 1.54) is 0 Å². The van der Waals surface area contributed by atoms with Crippen molar-refractivity contribution in [3.63, 3.8) is 0 Å². The number of nitrogens with zero attached hydrogens (tertiary/aromatic N) is 2. The fourth-order valence-corrected chi connectivity index (χ4v) is 2.14. The number of anilines is 1. The average molecular weight is 318 g/mol. The van der Waals surface area contributed by atoms with Crippen LogP contribution in [0.15, 0.2) is 53.3 Å². The second-order valence-corrected chi connectivity index (χ2v) is 5.06. The summed E-state index contributed by atoms with van der Waals surface area (Å²) in [6.45, 7) is 0.451. The van der Waals surface area contributed by atoms with E-state index in [0.29, 0.717) is 12.3 Å². The Bertz CT molecular complexity index is 706. The topological polar surface area (TPSA) is 52.5 Å². The molecular weight excluding hydrogens is 306 g/mol. The molecule has 1 aromatic carbocycles. The Morgan fingerprint density at radius 2 is 2.00 bits per heavy atom. The van der Waals surface area contributed by atoms with Gasteiger partial charge in [0, 0.05) is 10.7 Å². The van der Waals surface area contributed by atoms with Gasteiger partial charge >= 0.3 is 0 Å². The number of hydrogen-bond donors (Lipinski definition) is 1. The molecule has 0 spiro atoms. The lowest BCUT2D eigenvalue weighted by Crippen LogP contribution is -2.00. The number of ether oxygens (including phenoxy) is 1. The Morgan fingerprint density at radius 3 is 2.79 bits per heavy atom. The van der Waals surface area contributed by atoms with E-state index in [4.69, 9.17) is 10.5 Å². The lowest BCUT2D eigenvalue weighted by molar-refractivity contribution is 0.300. The first-order valence-electron chi connectivity index (χ1n) is 5.83. The van der Waals surface area contributed by atoms with E-state index in [1.807, 2.05) is 47.0 Å². The number of pyridine rings is 1. The Labute approximate surface area is 119 Å². The van der Waals surface area contributed by atoms with Crippen LogP contribution in [0.4, 0.5) is 5.69 Å². The van der Waals surface area contributed by atoms with Gasteiger partial charge in [0.05, 0.1) is 17.6 Å². The van der Waals surface area contributed by atoms with Crippen molar-refractivity contribution in [3.05, 3.63) is 59.0 Å². The molecule has 2 aromatic heterocycles. The minimum absolute atomic E-state index is 0.451. The summed E-state index contributed by atoms with van der Waals surface area (Å²) >= 11 is 3.39. The molecule has 0 aliphatic heterocycles. The molecule has 0 saturated heterocycles. The van der Waals surface area contributed by atoms with Gasteiger partial charge in [-0.2, -0.15) is 0 Å². The fraction of sp³-hybridized carbons (Fsp3) is 0.0714. The Balaban J connectivity index is 1.82.